The molecule has 12 nitrogen and oxygen atoms in total. The first-order valence-electron chi connectivity index (χ1n) is 7.75. The summed E-state index contributed by atoms with van der Waals surface area (Å²) in [5.74, 6) is -6.36. The van der Waals surface area contributed by atoms with Gasteiger partial charge >= 0.3 is 11.9 Å². The van der Waals surface area contributed by atoms with E-state index in [2.05, 4.69) is 10.6 Å². The van der Waals surface area contributed by atoms with Crippen molar-refractivity contribution in [3.63, 3.8) is 0 Å². The highest BCUT2D eigenvalue weighted by Crippen LogP contribution is 2.07. The summed E-state index contributed by atoms with van der Waals surface area (Å²) in [6, 6.07) is 1.74. The Hall–Kier alpha value is -3.96. The quantitative estimate of drug-likeness (QED) is 0.255. The Morgan fingerprint density at radius 3 is 1.21 bits per heavy atom. The highest BCUT2D eigenvalue weighted by atomic mass is 16.4. The number of carbonyl (C=O) groups is 6. The number of benzene rings is 1. The van der Waals surface area contributed by atoms with Gasteiger partial charge in [-0.1, -0.05) is 0 Å². The Morgan fingerprint density at radius 1 is 0.714 bits per heavy atom. The van der Waals surface area contributed by atoms with E-state index in [-0.39, 0.29) is 11.1 Å². The van der Waals surface area contributed by atoms with E-state index in [1.807, 2.05) is 0 Å². The number of aliphatic carboxylic acids is 2. The van der Waals surface area contributed by atoms with Crippen LogP contribution in [0, 0.1) is 0 Å². The Bertz CT molecular complexity index is 738. The number of carboxylic acids is 2. The average Bonchev–Trinajstić information content (AvgIpc) is 2.59. The highest BCUT2D eigenvalue weighted by molar-refractivity contribution is 6.00. The van der Waals surface area contributed by atoms with E-state index in [0.29, 0.717) is 0 Å². The number of carbonyl (C=O) groups excluding carboxylic acids is 4. The van der Waals surface area contributed by atoms with Crippen LogP contribution in [0.2, 0.25) is 0 Å². The maximum absolute atomic E-state index is 12.1. The normalized spacial score (nSPS) is 12.3. The van der Waals surface area contributed by atoms with Crippen molar-refractivity contribution >= 4 is 35.6 Å². The highest BCUT2D eigenvalue weighted by Gasteiger charge is 2.24. The Balaban J connectivity index is 2.83. The number of rotatable bonds is 10. The van der Waals surface area contributed by atoms with Gasteiger partial charge in [-0.2, -0.15) is 0 Å². The summed E-state index contributed by atoms with van der Waals surface area (Å²) in [6.45, 7) is 0. The maximum atomic E-state index is 12.1. The van der Waals surface area contributed by atoms with Crippen LogP contribution in [0.25, 0.3) is 0 Å². The number of hydrogen-bond donors (Lipinski definition) is 6. The molecule has 0 radical (unpaired) electrons. The van der Waals surface area contributed by atoms with Gasteiger partial charge in [0.1, 0.15) is 12.1 Å². The van der Waals surface area contributed by atoms with E-state index in [1.165, 1.54) is 24.3 Å². The molecule has 1 aromatic carbocycles. The third kappa shape index (κ3) is 6.74. The zero-order valence-corrected chi connectivity index (χ0v) is 14.4. The van der Waals surface area contributed by atoms with Crippen LogP contribution in [-0.2, 0) is 19.2 Å². The zero-order chi connectivity index (χ0) is 21.4. The summed E-state index contributed by atoms with van der Waals surface area (Å²) in [5, 5.41) is 22.2. The number of nitrogens with one attached hydrogen (secondary N) is 2. The molecule has 0 saturated heterocycles. The first-order valence-corrected chi connectivity index (χ1v) is 7.75. The minimum atomic E-state index is -1.52. The lowest BCUT2D eigenvalue weighted by Gasteiger charge is -2.14. The van der Waals surface area contributed by atoms with E-state index in [1.54, 1.807) is 0 Å². The molecule has 0 aliphatic carbocycles. The summed E-state index contributed by atoms with van der Waals surface area (Å²) in [4.78, 5) is 67.8. The zero-order valence-electron chi connectivity index (χ0n) is 14.4. The van der Waals surface area contributed by atoms with Crippen LogP contribution >= 0.6 is 0 Å². The molecule has 28 heavy (non-hydrogen) atoms. The number of carboxylic acid groups (broad SMARTS) is 2. The lowest BCUT2D eigenvalue weighted by Crippen LogP contribution is -2.43. The minimum absolute atomic E-state index is 0.0146. The standard InChI is InChI=1S/C16H18N4O8/c17-11(21)5-9(15(25)26)19-13(23)7-1-2-8(4-3-7)14(24)20-10(16(27)28)6-12(18)22/h1-4,9-10H,5-6H2,(H2,17,21)(H2,18,22)(H,19,23)(H,20,24)(H,25,26)(H,27,28)/t9-,10-/m0/s1. The molecule has 0 bridgehead atoms. The molecule has 4 amide bonds. The van der Waals surface area contributed by atoms with Crippen molar-refractivity contribution in [3.05, 3.63) is 35.4 Å². The van der Waals surface area contributed by atoms with Gasteiger partial charge in [0, 0.05) is 11.1 Å². The summed E-state index contributed by atoms with van der Waals surface area (Å²) >= 11 is 0. The van der Waals surface area contributed by atoms with E-state index in [4.69, 9.17) is 21.7 Å². The van der Waals surface area contributed by atoms with Crippen molar-refractivity contribution < 1.29 is 39.0 Å². The van der Waals surface area contributed by atoms with Crippen molar-refractivity contribution in [2.24, 2.45) is 11.5 Å². The van der Waals surface area contributed by atoms with E-state index >= 15 is 0 Å². The fraction of sp³-hybridized carbons (Fsp3) is 0.250. The monoisotopic (exact) mass is 394 g/mol. The lowest BCUT2D eigenvalue weighted by molar-refractivity contribution is -0.141. The molecule has 1 aromatic rings. The molecule has 0 fully saturated rings. The molecule has 150 valence electrons. The smallest absolute Gasteiger partial charge is 0.326 e. The van der Waals surface area contributed by atoms with Crippen LogP contribution in [0.4, 0.5) is 0 Å². The Kier molecular flexibility index (Phi) is 7.62. The predicted octanol–water partition coefficient (Wildman–Crippen LogP) is -2.20. The fourth-order valence-corrected chi connectivity index (χ4v) is 2.06. The van der Waals surface area contributed by atoms with Gasteiger partial charge in [-0.25, -0.2) is 9.59 Å². The average molecular weight is 394 g/mol. The summed E-state index contributed by atoms with van der Waals surface area (Å²) in [6.07, 6.45) is -1.20. The van der Waals surface area contributed by atoms with Gasteiger partial charge in [-0.15, -0.1) is 0 Å². The van der Waals surface area contributed by atoms with Gasteiger partial charge in [-0.05, 0) is 24.3 Å². The Labute approximate surface area is 157 Å². The van der Waals surface area contributed by atoms with Crippen molar-refractivity contribution in [1.82, 2.24) is 10.6 Å². The van der Waals surface area contributed by atoms with Crippen LogP contribution in [-0.4, -0.2) is 57.9 Å². The molecule has 0 spiro atoms. The van der Waals surface area contributed by atoms with Gasteiger partial charge in [0.15, 0.2) is 0 Å². The van der Waals surface area contributed by atoms with Gasteiger partial charge in [-0.3, -0.25) is 19.2 Å². The van der Waals surface area contributed by atoms with Crippen molar-refractivity contribution in [2.75, 3.05) is 0 Å². The lowest BCUT2D eigenvalue weighted by atomic mass is 10.1. The van der Waals surface area contributed by atoms with E-state index in [9.17, 15) is 28.8 Å². The first kappa shape index (κ1) is 22.1. The van der Waals surface area contributed by atoms with Crippen LogP contribution in [0.1, 0.15) is 33.6 Å². The molecule has 0 saturated carbocycles. The largest absolute Gasteiger partial charge is 0.480 e. The molecular formula is C16H18N4O8. The number of amides is 4. The predicted molar refractivity (Wildman–Crippen MR) is 91.8 cm³/mol. The molecule has 2 atom stereocenters. The van der Waals surface area contributed by atoms with Gasteiger partial charge in [0.05, 0.1) is 12.8 Å². The molecule has 0 aliphatic rings. The van der Waals surface area contributed by atoms with Crippen molar-refractivity contribution in [3.8, 4) is 0 Å². The van der Waals surface area contributed by atoms with Crippen LogP contribution in [0.15, 0.2) is 24.3 Å². The molecule has 12 heteroatoms. The molecular weight excluding hydrogens is 376 g/mol. The second-order valence-corrected chi connectivity index (χ2v) is 5.65. The van der Waals surface area contributed by atoms with Crippen LogP contribution in [0.5, 0.6) is 0 Å². The van der Waals surface area contributed by atoms with Crippen LogP contribution in [0.3, 0.4) is 0 Å². The molecule has 8 N–H and O–H groups in total. The molecule has 0 heterocycles. The molecule has 0 aliphatic heterocycles. The van der Waals surface area contributed by atoms with Gasteiger partial charge < -0.3 is 32.3 Å². The van der Waals surface area contributed by atoms with Gasteiger partial charge in [0.25, 0.3) is 11.8 Å². The minimum Gasteiger partial charge on any atom is -0.480 e. The topological polar surface area (TPSA) is 219 Å². The number of primary amides is 2. The van der Waals surface area contributed by atoms with Crippen molar-refractivity contribution in [1.29, 1.82) is 0 Å². The van der Waals surface area contributed by atoms with Gasteiger partial charge in [0.2, 0.25) is 11.8 Å². The van der Waals surface area contributed by atoms with Crippen LogP contribution < -0.4 is 22.1 Å². The first-order chi connectivity index (χ1) is 13.0. The van der Waals surface area contributed by atoms with E-state index < -0.39 is 60.5 Å². The molecule has 1 rings (SSSR count). The van der Waals surface area contributed by atoms with Crippen molar-refractivity contribution in [2.45, 2.75) is 24.9 Å². The second kappa shape index (κ2) is 9.66. The Morgan fingerprint density at radius 2 is 1.00 bits per heavy atom. The summed E-state index contributed by atoms with van der Waals surface area (Å²) < 4.78 is 0. The number of hydrogen-bond acceptors (Lipinski definition) is 6. The SMILES string of the molecule is NC(=O)C[C@H](NC(=O)c1ccc(C(=O)N[C@@H](CC(N)=O)C(=O)O)cc1)C(=O)O. The molecule has 0 aromatic heterocycles. The molecule has 0 unspecified atom stereocenters. The third-order valence-electron chi connectivity index (χ3n) is 3.43. The maximum Gasteiger partial charge on any atom is 0.326 e. The second-order valence-electron chi connectivity index (χ2n) is 5.65. The fourth-order valence-electron chi connectivity index (χ4n) is 2.06. The third-order valence-corrected chi connectivity index (χ3v) is 3.43. The summed E-state index contributed by atoms with van der Waals surface area (Å²) in [7, 11) is 0. The van der Waals surface area contributed by atoms with E-state index in [0.717, 1.165) is 0 Å². The number of nitrogens with two attached hydrogens (primary N) is 2. The summed E-state index contributed by atoms with van der Waals surface area (Å²) in [5.41, 5.74) is 9.81.